The zero-order valence-corrected chi connectivity index (χ0v) is 12.9. The Bertz CT molecular complexity index is 597. The standard InChI is InChI=1S/C17H20O4/c1-6-12(3)17(19)21-16-9-11(2)7-8-15(16)13(4)10-20-14(5)18/h6-9H,4,10H2,1-3,5H3/b12-6+. The summed E-state index contributed by atoms with van der Waals surface area (Å²) in [5.41, 5.74) is 2.71. The van der Waals surface area contributed by atoms with Gasteiger partial charge in [0.1, 0.15) is 12.4 Å². The van der Waals surface area contributed by atoms with Gasteiger partial charge in [-0.25, -0.2) is 4.79 Å². The van der Waals surface area contributed by atoms with E-state index in [-0.39, 0.29) is 12.6 Å². The first-order chi connectivity index (χ1) is 9.85. The monoisotopic (exact) mass is 288 g/mol. The molecule has 0 fully saturated rings. The van der Waals surface area contributed by atoms with E-state index >= 15 is 0 Å². The van der Waals surface area contributed by atoms with E-state index in [1.165, 1.54) is 6.92 Å². The maximum absolute atomic E-state index is 11.9. The number of esters is 2. The van der Waals surface area contributed by atoms with Crippen LogP contribution >= 0.6 is 0 Å². The average molecular weight is 288 g/mol. The molecule has 0 amide bonds. The number of hydrogen-bond donors (Lipinski definition) is 0. The fourth-order valence-electron chi connectivity index (χ4n) is 1.57. The van der Waals surface area contributed by atoms with Crippen LogP contribution in [-0.2, 0) is 14.3 Å². The first-order valence-corrected chi connectivity index (χ1v) is 6.62. The molecule has 0 aromatic heterocycles. The van der Waals surface area contributed by atoms with Gasteiger partial charge in [-0.05, 0) is 38.0 Å². The minimum atomic E-state index is -0.412. The summed E-state index contributed by atoms with van der Waals surface area (Å²) in [7, 11) is 0. The highest BCUT2D eigenvalue weighted by Gasteiger charge is 2.13. The van der Waals surface area contributed by atoms with Crippen LogP contribution in [0.1, 0.15) is 31.9 Å². The van der Waals surface area contributed by atoms with Crippen molar-refractivity contribution in [3.05, 3.63) is 47.6 Å². The van der Waals surface area contributed by atoms with E-state index in [4.69, 9.17) is 9.47 Å². The molecule has 0 aliphatic carbocycles. The Hall–Kier alpha value is -2.36. The number of allylic oxidation sites excluding steroid dienone is 1. The molecule has 0 saturated heterocycles. The number of ether oxygens (including phenoxy) is 2. The van der Waals surface area contributed by atoms with Crippen molar-refractivity contribution in [2.75, 3.05) is 6.61 Å². The molecule has 0 N–H and O–H groups in total. The van der Waals surface area contributed by atoms with Gasteiger partial charge in [-0.1, -0.05) is 24.8 Å². The molecule has 0 heterocycles. The number of aryl methyl sites for hydroxylation is 1. The fourth-order valence-corrected chi connectivity index (χ4v) is 1.57. The summed E-state index contributed by atoms with van der Waals surface area (Å²) >= 11 is 0. The summed E-state index contributed by atoms with van der Waals surface area (Å²) in [6.45, 7) is 10.6. The number of carbonyl (C=O) groups excluding carboxylic acids is 2. The van der Waals surface area contributed by atoms with E-state index in [2.05, 4.69) is 6.58 Å². The van der Waals surface area contributed by atoms with Gasteiger partial charge in [-0.3, -0.25) is 4.79 Å². The number of carbonyl (C=O) groups is 2. The van der Waals surface area contributed by atoms with Gasteiger partial charge >= 0.3 is 11.9 Å². The zero-order chi connectivity index (χ0) is 16.0. The molecular weight excluding hydrogens is 268 g/mol. The molecule has 4 nitrogen and oxygen atoms in total. The van der Waals surface area contributed by atoms with Crippen LogP contribution in [0.15, 0.2) is 36.4 Å². The molecule has 0 radical (unpaired) electrons. The van der Waals surface area contributed by atoms with Crippen molar-refractivity contribution in [2.45, 2.75) is 27.7 Å². The van der Waals surface area contributed by atoms with Crippen LogP contribution < -0.4 is 4.74 Å². The number of rotatable bonds is 5. The smallest absolute Gasteiger partial charge is 0.338 e. The Morgan fingerprint density at radius 2 is 1.95 bits per heavy atom. The molecule has 0 aliphatic heterocycles. The molecule has 0 aliphatic rings. The van der Waals surface area contributed by atoms with Gasteiger partial charge in [0.2, 0.25) is 0 Å². The van der Waals surface area contributed by atoms with Crippen LogP contribution in [0.3, 0.4) is 0 Å². The first kappa shape index (κ1) is 16.7. The predicted octanol–water partition coefficient (Wildman–Crippen LogP) is 3.44. The molecule has 21 heavy (non-hydrogen) atoms. The van der Waals surface area contributed by atoms with E-state index < -0.39 is 5.97 Å². The van der Waals surface area contributed by atoms with E-state index in [0.29, 0.717) is 22.5 Å². The van der Waals surface area contributed by atoms with Crippen LogP contribution in [-0.4, -0.2) is 18.5 Å². The van der Waals surface area contributed by atoms with E-state index in [1.54, 1.807) is 32.1 Å². The molecule has 4 heteroatoms. The Balaban J connectivity index is 3.02. The third-order valence-corrected chi connectivity index (χ3v) is 2.93. The summed E-state index contributed by atoms with van der Waals surface area (Å²) in [6, 6.07) is 5.44. The van der Waals surface area contributed by atoms with Crippen molar-refractivity contribution in [2.24, 2.45) is 0 Å². The van der Waals surface area contributed by atoms with Crippen LogP contribution in [0.2, 0.25) is 0 Å². The largest absolute Gasteiger partial charge is 0.461 e. The highest BCUT2D eigenvalue weighted by molar-refractivity contribution is 5.90. The second-order valence-electron chi connectivity index (χ2n) is 4.74. The van der Waals surface area contributed by atoms with Crippen molar-refractivity contribution < 1.29 is 19.1 Å². The fraction of sp³-hybridized carbons (Fsp3) is 0.294. The van der Waals surface area contributed by atoms with Crippen LogP contribution in [0, 0.1) is 6.92 Å². The lowest BCUT2D eigenvalue weighted by atomic mass is 10.0. The molecule has 0 spiro atoms. The van der Waals surface area contributed by atoms with E-state index in [1.807, 2.05) is 13.0 Å². The average Bonchev–Trinajstić information content (AvgIpc) is 2.43. The van der Waals surface area contributed by atoms with Crippen molar-refractivity contribution in [1.82, 2.24) is 0 Å². The summed E-state index contributed by atoms with van der Waals surface area (Å²) in [4.78, 5) is 22.8. The Kier molecular flexibility index (Phi) is 5.91. The SMILES string of the molecule is C=C(COC(C)=O)c1ccc(C)cc1OC(=O)/C(C)=C/C. The van der Waals surface area contributed by atoms with Gasteiger partial charge in [-0.15, -0.1) is 0 Å². The van der Waals surface area contributed by atoms with Gasteiger partial charge in [-0.2, -0.15) is 0 Å². The van der Waals surface area contributed by atoms with Gasteiger partial charge in [0, 0.05) is 18.1 Å². The third kappa shape index (κ3) is 4.91. The molecule has 0 unspecified atom stereocenters. The lowest BCUT2D eigenvalue weighted by molar-refractivity contribution is -0.139. The highest BCUT2D eigenvalue weighted by Crippen LogP contribution is 2.27. The second kappa shape index (κ2) is 7.43. The molecule has 0 atom stereocenters. The maximum Gasteiger partial charge on any atom is 0.338 e. The molecule has 1 aromatic carbocycles. The van der Waals surface area contributed by atoms with Crippen LogP contribution in [0.5, 0.6) is 5.75 Å². The topological polar surface area (TPSA) is 52.6 Å². The molecular formula is C17H20O4. The lowest BCUT2D eigenvalue weighted by Crippen LogP contribution is -2.11. The van der Waals surface area contributed by atoms with Gasteiger partial charge in [0.25, 0.3) is 0 Å². The maximum atomic E-state index is 11.9. The van der Waals surface area contributed by atoms with Crippen molar-refractivity contribution >= 4 is 17.5 Å². The first-order valence-electron chi connectivity index (χ1n) is 6.62. The summed E-state index contributed by atoms with van der Waals surface area (Å²) in [5, 5.41) is 0. The second-order valence-corrected chi connectivity index (χ2v) is 4.74. The van der Waals surface area contributed by atoms with Crippen LogP contribution in [0.4, 0.5) is 0 Å². The predicted molar refractivity (Wildman–Crippen MR) is 81.9 cm³/mol. The number of benzene rings is 1. The van der Waals surface area contributed by atoms with Crippen molar-refractivity contribution in [1.29, 1.82) is 0 Å². The quantitative estimate of drug-likeness (QED) is 0.473. The molecule has 0 bridgehead atoms. The highest BCUT2D eigenvalue weighted by atomic mass is 16.5. The summed E-state index contributed by atoms with van der Waals surface area (Å²) in [6.07, 6.45) is 1.69. The van der Waals surface area contributed by atoms with Gasteiger partial charge < -0.3 is 9.47 Å². The summed E-state index contributed by atoms with van der Waals surface area (Å²) < 4.78 is 10.3. The number of hydrogen-bond acceptors (Lipinski definition) is 4. The van der Waals surface area contributed by atoms with Crippen molar-refractivity contribution in [3.8, 4) is 5.75 Å². The molecule has 1 rings (SSSR count). The van der Waals surface area contributed by atoms with E-state index in [0.717, 1.165) is 5.56 Å². The Morgan fingerprint density at radius 3 is 2.52 bits per heavy atom. The van der Waals surface area contributed by atoms with Crippen molar-refractivity contribution in [3.63, 3.8) is 0 Å². The zero-order valence-electron chi connectivity index (χ0n) is 12.9. The minimum absolute atomic E-state index is 0.0611. The summed E-state index contributed by atoms with van der Waals surface area (Å²) in [5.74, 6) is -0.380. The molecule has 1 aromatic rings. The minimum Gasteiger partial charge on any atom is -0.461 e. The molecule has 0 saturated carbocycles. The Labute approximate surface area is 125 Å². The normalized spacial score (nSPS) is 11.0. The van der Waals surface area contributed by atoms with Gasteiger partial charge in [0.05, 0.1) is 0 Å². The van der Waals surface area contributed by atoms with Crippen LogP contribution in [0.25, 0.3) is 5.57 Å². The third-order valence-electron chi connectivity index (χ3n) is 2.93. The van der Waals surface area contributed by atoms with Gasteiger partial charge in [0.15, 0.2) is 0 Å². The Morgan fingerprint density at radius 1 is 1.29 bits per heavy atom. The van der Waals surface area contributed by atoms with E-state index in [9.17, 15) is 9.59 Å². The molecule has 112 valence electrons. The lowest BCUT2D eigenvalue weighted by Gasteiger charge is -2.13.